The van der Waals surface area contributed by atoms with E-state index < -0.39 is 64.3 Å². The number of benzene rings is 3. The minimum Gasteiger partial charge on any atom is -0.481 e. The molecule has 1 heterocycles. The number of anilines is 2. The Morgan fingerprint density at radius 3 is 1.84 bits per heavy atom. The number of sulfonamides is 1. The van der Waals surface area contributed by atoms with Gasteiger partial charge in [0.05, 0.1) is 11.3 Å². The zero-order chi connectivity index (χ0) is 37.9. The van der Waals surface area contributed by atoms with Gasteiger partial charge in [-0.2, -0.15) is 26.3 Å². The van der Waals surface area contributed by atoms with Crippen LogP contribution in [0.3, 0.4) is 0 Å². The van der Waals surface area contributed by atoms with E-state index in [9.17, 15) is 53.4 Å². The fourth-order valence-electron chi connectivity index (χ4n) is 3.91. The van der Waals surface area contributed by atoms with Gasteiger partial charge in [0.2, 0.25) is 0 Å². The summed E-state index contributed by atoms with van der Waals surface area (Å²) in [6, 6.07) is 15.1. The molecule has 6 N–H and O–H groups in total. The summed E-state index contributed by atoms with van der Waals surface area (Å²) in [5.41, 5.74) is 1.23. The molecule has 12 nitrogen and oxygen atoms in total. The van der Waals surface area contributed by atoms with E-state index >= 15 is 0 Å². The molecule has 0 saturated heterocycles. The number of aliphatic carboxylic acids is 3. The van der Waals surface area contributed by atoms with E-state index in [0.29, 0.717) is 29.8 Å². The molecule has 0 aliphatic carbocycles. The minimum atomic E-state index is -5.08. The van der Waals surface area contributed by atoms with Gasteiger partial charge in [0.1, 0.15) is 11.6 Å². The van der Waals surface area contributed by atoms with E-state index in [0.717, 1.165) is 25.1 Å². The van der Waals surface area contributed by atoms with Gasteiger partial charge in [-0.1, -0.05) is 18.2 Å². The molecule has 0 bridgehead atoms. The van der Waals surface area contributed by atoms with Crippen molar-refractivity contribution in [2.75, 3.05) is 23.1 Å². The lowest BCUT2D eigenvalue weighted by Crippen LogP contribution is -2.35. The second-order valence-electron chi connectivity index (χ2n) is 9.85. The van der Waals surface area contributed by atoms with Crippen LogP contribution < -0.4 is 15.4 Å². The van der Waals surface area contributed by atoms with Crippen LogP contribution >= 0.6 is 0 Å². The van der Waals surface area contributed by atoms with Crippen LogP contribution in [0.4, 0.5) is 46.5 Å². The van der Waals surface area contributed by atoms with Gasteiger partial charge in [0.25, 0.3) is 10.0 Å². The molecule has 1 aliphatic heterocycles. The summed E-state index contributed by atoms with van der Waals surface area (Å²) in [4.78, 5) is 33.6. The van der Waals surface area contributed by atoms with Crippen molar-refractivity contribution >= 4 is 45.3 Å². The molecular weight excluding hydrogens is 716 g/mol. The van der Waals surface area contributed by atoms with E-state index in [1.165, 1.54) is 24.3 Å². The smallest absolute Gasteiger partial charge is 0.481 e. The van der Waals surface area contributed by atoms with Crippen LogP contribution in [0.2, 0.25) is 0 Å². The van der Waals surface area contributed by atoms with Crippen molar-refractivity contribution in [3.05, 3.63) is 89.5 Å². The second kappa shape index (κ2) is 17.3. The van der Waals surface area contributed by atoms with Crippen LogP contribution in [0, 0.1) is 11.6 Å². The van der Waals surface area contributed by atoms with Gasteiger partial charge in [0.15, 0.2) is 5.96 Å². The molecule has 0 fully saturated rings. The molecule has 1 atom stereocenters. The highest BCUT2D eigenvalue weighted by molar-refractivity contribution is 7.92. The van der Waals surface area contributed by atoms with E-state index in [1.807, 2.05) is 0 Å². The molecule has 21 heteroatoms. The van der Waals surface area contributed by atoms with Crippen molar-refractivity contribution in [2.24, 2.45) is 4.99 Å². The maximum atomic E-state index is 13.8. The van der Waals surface area contributed by atoms with Crippen molar-refractivity contribution in [3.8, 4) is 0 Å². The van der Waals surface area contributed by atoms with Gasteiger partial charge < -0.3 is 26.0 Å². The molecule has 272 valence electrons. The molecule has 0 spiro atoms. The summed E-state index contributed by atoms with van der Waals surface area (Å²) < 4.78 is 120. The number of hydrogen-bond acceptors (Lipinski definition) is 8. The number of aliphatic imine (C=N–C) groups is 1. The summed E-state index contributed by atoms with van der Waals surface area (Å²) >= 11 is 0. The van der Waals surface area contributed by atoms with Gasteiger partial charge in [-0.15, -0.1) is 0 Å². The van der Waals surface area contributed by atoms with E-state index in [4.69, 9.17) is 19.8 Å². The number of carbonyl (C=O) groups is 3. The van der Waals surface area contributed by atoms with Crippen LogP contribution in [0.25, 0.3) is 0 Å². The second-order valence-corrected chi connectivity index (χ2v) is 11.5. The third-order valence-corrected chi connectivity index (χ3v) is 7.38. The lowest BCUT2D eigenvalue weighted by molar-refractivity contribution is -0.193. The average Bonchev–Trinajstić information content (AvgIpc) is 2.99. The first-order valence-electron chi connectivity index (χ1n) is 13.6. The molecule has 0 radical (unpaired) electrons. The van der Waals surface area contributed by atoms with Crippen LogP contribution in [-0.4, -0.2) is 73.0 Å². The zero-order valence-electron chi connectivity index (χ0n) is 25.0. The lowest BCUT2D eigenvalue weighted by atomic mass is 9.88. The Morgan fingerprint density at radius 2 is 1.34 bits per heavy atom. The number of carboxylic acid groups (broad SMARTS) is 3. The standard InChI is InChI=1S/C25H24F2N4O4S.2C2HF3O2/c26-18-10-17(11-19(27)13-18)23(15-24(32)33)16-4-1-6-21(12-16)31-36(34,35)22-7-2-5-20(14-22)30-25-28-8-3-9-29-25;2*3-2(4,5)1(6)7/h1-2,4-7,10-14,23,31H,3,8-9,15H2,(H,32,33)(H2,28,29,30);2*(H,6,7). The van der Waals surface area contributed by atoms with Gasteiger partial charge >= 0.3 is 30.3 Å². The predicted octanol–water partition coefficient (Wildman–Crippen LogP) is 5.40. The minimum absolute atomic E-state index is 0.00333. The Kier molecular flexibility index (Phi) is 14.1. The number of halogens is 8. The summed E-state index contributed by atoms with van der Waals surface area (Å²) in [6.07, 6.45) is -9.69. The van der Waals surface area contributed by atoms with Crippen molar-refractivity contribution in [2.45, 2.75) is 36.0 Å². The molecule has 1 aliphatic rings. The van der Waals surface area contributed by atoms with E-state index in [2.05, 4.69) is 20.3 Å². The zero-order valence-corrected chi connectivity index (χ0v) is 25.8. The summed E-state index contributed by atoms with van der Waals surface area (Å²) in [7, 11) is -4.01. The van der Waals surface area contributed by atoms with Crippen molar-refractivity contribution in [1.82, 2.24) is 5.32 Å². The predicted molar refractivity (Wildman–Crippen MR) is 160 cm³/mol. The monoisotopic (exact) mass is 742 g/mol. The highest BCUT2D eigenvalue weighted by Gasteiger charge is 2.39. The van der Waals surface area contributed by atoms with Crippen molar-refractivity contribution < 1.29 is 73.2 Å². The Bertz CT molecular complexity index is 1770. The van der Waals surface area contributed by atoms with Gasteiger partial charge in [-0.05, 0) is 60.0 Å². The first-order chi connectivity index (χ1) is 23.1. The number of alkyl halides is 6. The fraction of sp³-hybridized carbons (Fsp3) is 0.241. The lowest BCUT2D eigenvalue weighted by Gasteiger charge is -2.18. The molecule has 3 aromatic rings. The molecule has 0 amide bonds. The fourth-order valence-corrected chi connectivity index (χ4v) is 5.00. The van der Waals surface area contributed by atoms with Crippen LogP contribution in [0.1, 0.15) is 29.9 Å². The molecule has 0 aromatic heterocycles. The van der Waals surface area contributed by atoms with Crippen molar-refractivity contribution in [3.63, 3.8) is 0 Å². The van der Waals surface area contributed by atoms with Crippen LogP contribution in [0.15, 0.2) is 76.6 Å². The Labute approximate surface area is 277 Å². The third kappa shape index (κ3) is 13.6. The molecular formula is C29H26F8N4O8S. The topological polar surface area (TPSA) is 194 Å². The largest absolute Gasteiger partial charge is 0.490 e. The highest BCUT2D eigenvalue weighted by atomic mass is 32.2. The Balaban J connectivity index is 0.000000521. The molecule has 0 saturated carbocycles. The molecule has 1 unspecified atom stereocenters. The first kappa shape index (κ1) is 40.7. The number of nitrogens with one attached hydrogen (secondary N) is 3. The van der Waals surface area contributed by atoms with E-state index in [-0.39, 0.29) is 16.1 Å². The highest BCUT2D eigenvalue weighted by Crippen LogP contribution is 2.31. The van der Waals surface area contributed by atoms with Crippen LogP contribution in [0.5, 0.6) is 0 Å². The Hall–Kier alpha value is -5.47. The molecule has 4 rings (SSSR count). The molecule has 3 aromatic carbocycles. The summed E-state index contributed by atoms with van der Waals surface area (Å²) in [6.45, 7) is 1.45. The quantitative estimate of drug-likeness (QED) is 0.163. The average molecular weight is 743 g/mol. The maximum Gasteiger partial charge on any atom is 0.490 e. The number of guanidine groups is 1. The van der Waals surface area contributed by atoms with E-state index in [1.54, 1.807) is 24.3 Å². The van der Waals surface area contributed by atoms with Gasteiger partial charge in [-0.25, -0.2) is 26.8 Å². The van der Waals surface area contributed by atoms with Crippen LogP contribution in [-0.2, 0) is 24.4 Å². The maximum absolute atomic E-state index is 13.8. The molecule has 50 heavy (non-hydrogen) atoms. The third-order valence-electron chi connectivity index (χ3n) is 6.00. The number of nitrogens with zero attached hydrogens (tertiary/aromatic N) is 1. The normalized spacial score (nSPS) is 13.5. The SMILES string of the molecule is O=C(O)C(F)(F)F.O=C(O)C(F)(F)F.O=C(O)CC(c1cc(F)cc(F)c1)c1cccc(NS(=O)(=O)c2cccc(NC3=NCCCN3)c2)c1. The number of hydrogen-bond donors (Lipinski definition) is 6. The van der Waals surface area contributed by atoms with Crippen molar-refractivity contribution in [1.29, 1.82) is 0 Å². The number of rotatable bonds is 8. The summed E-state index contributed by atoms with van der Waals surface area (Å²) in [5.74, 6) is -8.68. The summed E-state index contributed by atoms with van der Waals surface area (Å²) in [5, 5.41) is 29.8. The first-order valence-corrected chi connectivity index (χ1v) is 15.1. The van der Waals surface area contributed by atoms with Gasteiger partial charge in [-0.3, -0.25) is 14.5 Å². The number of carboxylic acids is 3. The van der Waals surface area contributed by atoms with Gasteiger partial charge in [0, 0.05) is 36.4 Å². The Morgan fingerprint density at radius 1 is 0.800 bits per heavy atom.